The minimum absolute atomic E-state index is 0.109. The summed E-state index contributed by atoms with van der Waals surface area (Å²) in [6.07, 6.45) is 18.7. The van der Waals surface area contributed by atoms with E-state index in [1.807, 2.05) is 0 Å². The molecule has 0 bridgehead atoms. The Labute approximate surface area is 156 Å². The molecule has 0 aromatic rings. The fourth-order valence-electron chi connectivity index (χ4n) is 3.74. The third-order valence-corrected chi connectivity index (χ3v) is 5.31. The summed E-state index contributed by atoms with van der Waals surface area (Å²) in [6.45, 7) is 7.07. The maximum Gasteiger partial charge on any atom is 0.232 e. The van der Waals surface area contributed by atoms with Gasteiger partial charge in [-0.1, -0.05) is 71.1 Å². The molecule has 0 aromatic carbocycles. The minimum Gasteiger partial charge on any atom is -0.394 e. The minimum atomic E-state index is 0.109. The molecule has 0 aliphatic carbocycles. The van der Waals surface area contributed by atoms with Crippen molar-refractivity contribution in [3.05, 3.63) is 0 Å². The highest BCUT2D eigenvalue weighted by atomic mass is 16.5. The predicted molar refractivity (Wildman–Crippen MR) is 107 cm³/mol. The monoisotopic (exact) mass is 355 g/mol. The van der Waals surface area contributed by atoms with Crippen LogP contribution in [0.3, 0.4) is 0 Å². The van der Waals surface area contributed by atoms with Crippen molar-refractivity contribution in [2.24, 2.45) is 0 Å². The molecule has 1 aliphatic heterocycles. The molecule has 0 fully saturated rings. The fraction of sp³-hybridized carbons (Fsp3) is 0.952. The van der Waals surface area contributed by atoms with Crippen molar-refractivity contribution in [3.8, 4) is 0 Å². The van der Waals surface area contributed by atoms with Crippen molar-refractivity contribution in [1.29, 1.82) is 0 Å². The molecule has 0 radical (unpaired) electrons. The predicted octanol–water partition coefficient (Wildman–Crippen LogP) is 4.10. The van der Waals surface area contributed by atoms with E-state index in [0.29, 0.717) is 12.6 Å². The first-order chi connectivity index (χ1) is 12.3. The molecule has 1 rings (SSSR count). The van der Waals surface area contributed by atoms with Gasteiger partial charge in [0.15, 0.2) is 0 Å². The SMILES string of the molecule is CCCCCCCCCCCCCC(C(C)OCCO)[N+]1=CNCC1. The maximum atomic E-state index is 8.98. The van der Waals surface area contributed by atoms with E-state index in [9.17, 15) is 0 Å². The normalized spacial score (nSPS) is 16.5. The molecule has 0 saturated carbocycles. The van der Waals surface area contributed by atoms with Crippen LogP contribution in [0.5, 0.6) is 0 Å². The number of ether oxygens (including phenoxy) is 1. The number of nitrogens with one attached hydrogen (secondary N) is 1. The Morgan fingerprint density at radius 1 is 1.00 bits per heavy atom. The zero-order valence-corrected chi connectivity index (χ0v) is 16.8. The van der Waals surface area contributed by atoms with E-state index in [4.69, 9.17) is 9.84 Å². The number of nitrogens with zero attached hydrogens (tertiary/aromatic N) is 1. The van der Waals surface area contributed by atoms with Crippen LogP contribution in [-0.2, 0) is 4.74 Å². The lowest BCUT2D eigenvalue weighted by Gasteiger charge is -2.23. The Morgan fingerprint density at radius 2 is 1.60 bits per heavy atom. The molecule has 0 aromatic heterocycles. The van der Waals surface area contributed by atoms with Crippen LogP contribution >= 0.6 is 0 Å². The Balaban J connectivity index is 2.07. The van der Waals surface area contributed by atoms with Gasteiger partial charge in [0.05, 0.1) is 19.3 Å². The Hall–Kier alpha value is -0.610. The summed E-state index contributed by atoms with van der Waals surface area (Å²) in [5.74, 6) is 0. The number of aliphatic hydroxyl groups excluding tert-OH is 1. The Bertz CT molecular complexity index is 334. The average molecular weight is 356 g/mol. The molecule has 4 nitrogen and oxygen atoms in total. The van der Waals surface area contributed by atoms with Crippen molar-refractivity contribution in [3.63, 3.8) is 0 Å². The van der Waals surface area contributed by atoms with Gasteiger partial charge >= 0.3 is 0 Å². The highest BCUT2D eigenvalue weighted by molar-refractivity contribution is 5.49. The van der Waals surface area contributed by atoms with Gasteiger partial charge in [0, 0.05) is 0 Å². The van der Waals surface area contributed by atoms with E-state index in [1.165, 1.54) is 77.0 Å². The zero-order valence-electron chi connectivity index (χ0n) is 16.8. The first-order valence-corrected chi connectivity index (χ1v) is 10.8. The van der Waals surface area contributed by atoms with E-state index in [0.717, 1.165) is 13.1 Å². The highest BCUT2D eigenvalue weighted by Crippen LogP contribution is 2.16. The first kappa shape index (κ1) is 22.4. The molecule has 4 heteroatoms. The quantitative estimate of drug-likeness (QED) is 0.305. The molecule has 25 heavy (non-hydrogen) atoms. The summed E-state index contributed by atoms with van der Waals surface area (Å²) in [6, 6.07) is 0.431. The number of hydrogen-bond acceptors (Lipinski definition) is 3. The molecule has 2 unspecified atom stereocenters. The molecule has 1 heterocycles. The van der Waals surface area contributed by atoms with Crippen molar-refractivity contribution >= 4 is 6.34 Å². The van der Waals surface area contributed by atoms with Gasteiger partial charge < -0.3 is 9.84 Å². The van der Waals surface area contributed by atoms with E-state index < -0.39 is 0 Å². The van der Waals surface area contributed by atoms with E-state index in [1.54, 1.807) is 0 Å². The molecule has 2 atom stereocenters. The second-order valence-corrected chi connectivity index (χ2v) is 7.51. The van der Waals surface area contributed by atoms with Gasteiger partial charge in [0.1, 0.15) is 19.1 Å². The standard InChI is InChI=1S/C21H42N2O2/c1-3-4-5-6-7-8-9-10-11-12-13-14-21(20(2)25-18-17-24)23-16-15-22-19-23/h19-21,24H,3-18H2,1-2H3/p+1. The molecule has 2 N–H and O–H groups in total. The van der Waals surface area contributed by atoms with Gasteiger partial charge in [-0.2, -0.15) is 0 Å². The number of rotatable bonds is 17. The lowest BCUT2D eigenvalue weighted by Crippen LogP contribution is -2.38. The number of hydrogen-bond donors (Lipinski definition) is 2. The van der Waals surface area contributed by atoms with Crippen molar-refractivity contribution < 1.29 is 14.4 Å². The van der Waals surface area contributed by atoms with Crippen LogP contribution in [0, 0.1) is 0 Å². The van der Waals surface area contributed by atoms with Gasteiger partial charge in [0.25, 0.3) is 0 Å². The summed E-state index contributed by atoms with van der Waals surface area (Å²) in [5.41, 5.74) is 0. The largest absolute Gasteiger partial charge is 0.394 e. The topological polar surface area (TPSA) is 44.5 Å². The van der Waals surface area contributed by atoms with Crippen LogP contribution in [0.25, 0.3) is 0 Å². The molecule has 148 valence electrons. The Morgan fingerprint density at radius 3 is 2.12 bits per heavy atom. The van der Waals surface area contributed by atoms with Crippen LogP contribution in [0.2, 0.25) is 0 Å². The van der Waals surface area contributed by atoms with Crippen molar-refractivity contribution in [2.75, 3.05) is 26.3 Å². The van der Waals surface area contributed by atoms with Gasteiger partial charge in [0.2, 0.25) is 6.34 Å². The zero-order chi connectivity index (χ0) is 18.2. The van der Waals surface area contributed by atoms with Crippen molar-refractivity contribution in [1.82, 2.24) is 5.32 Å². The summed E-state index contributed by atoms with van der Waals surface area (Å²) < 4.78 is 8.16. The molecular formula is C21H43N2O2+. The third kappa shape index (κ3) is 10.9. The molecule has 0 spiro atoms. The summed E-state index contributed by atoms with van der Waals surface area (Å²) in [5, 5.41) is 12.3. The lowest BCUT2D eigenvalue weighted by molar-refractivity contribution is -0.565. The van der Waals surface area contributed by atoms with E-state index in [2.05, 4.69) is 30.1 Å². The van der Waals surface area contributed by atoms with Gasteiger partial charge in [-0.15, -0.1) is 0 Å². The average Bonchev–Trinajstić information content (AvgIpc) is 3.15. The summed E-state index contributed by atoms with van der Waals surface area (Å²) in [4.78, 5) is 0. The van der Waals surface area contributed by atoms with Crippen LogP contribution < -0.4 is 5.32 Å². The second kappa shape index (κ2) is 15.6. The first-order valence-electron chi connectivity index (χ1n) is 10.8. The fourth-order valence-corrected chi connectivity index (χ4v) is 3.74. The number of aliphatic hydroxyl groups is 1. The van der Waals surface area contributed by atoms with Crippen LogP contribution in [0.4, 0.5) is 0 Å². The van der Waals surface area contributed by atoms with Crippen molar-refractivity contribution in [2.45, 2.75) is 103 Å². The van der Waals surface area contributed by atoms with Crippen LogP contribution in [-0.4, -0.2) is 54.5 Å². The van der Waals surface area contributed by atoms with Crippen LogP contribution in [0.15, 0.2) is 0 Å². The molecule has 1 aliphatic rings. The van der Waals surface area contributed by atoms with Gasteiger partial charge in [-0.05, 0) is 19.8 Å². The second-order valence-electron chi connectivity index (χ2n) is 7.51. The summed E-state index contributed by atoms with van der Waals surface area (Å²) >= 11 is 0. The van der Waals surface area contributed by atoms with E-state index in [-0.39, 0.29) is 12.7 Å². The maximum absolute atomic E-state index is 8.98. The van der Waals surface area contributed by atoms with Crippen LogP contribution in [0.1, 0.15) is 90.9 Å². The summed E-state index contributed by atoms with van der Waals surface area (Å²) in [7, 11) is 0. The highest BCUT2D eigenvalue weighted by Gasteiger charge is 2.26. The molecule has 0 amide bonds. The van der Waals surface area contributed by atoms with Gasteiger partial charge in [-0.3, -0.25) is 9.89 Å². The van der Waals surface area contributed by atoms with E-state index >= 15 is 0 Å². The van der Waals surface area contributed by atoms with Gasteiger partial charge in [-0.25, -0.2) is 0 Å². The molecule has 0 saturated heterocycles. The Kier molecular flexibility index (Phi) is 14.0. The smallest absolute Gasteiger partial charge is 0.232 e. The molecular weight excluding hydrogens is 312 g/mol. The number of unbranched alkanes of at least 4 members (excludes halogenated alkanes) is 10. The third-order valence-electron chi connectivity index (χ3n) is 5.31. The lowest BCUT2D eigenvalue weighted by atomic mass is 10.0.